The Morgan fingerprint density at radius 1 is 2.00 bits per heavy atom. The van der Waals surface area contributed by atoms with Gasteiger partial charge in [-0.05, 0) is 12.5 Å². The molecule has 0 aliphatic carbocycles. The van der Waals surface area contributed by atoms with Gasteiger partial charge in [-0.25, -0.2) is 0 Å². The van der Waals surface area contributed by atoms with Crippen molar-refractivity contribution in [3.63, 3.8) is 0 Å². The molecule has 0 atom stereocenters. The maximum Gasteiger partial charge on any atom is 0.0145 e. The van der Waals surface area contributed by atoms with Gasteiger partial charge >= 0.3 is 0 Å². The van der Waals surface area contributed by atoms with Crippen LogP contribution in [0.15, 0.2) is 11.1 Å². The van der Waals surface area contributed by atoms with Crippen LogP contribution in [0.4, 0.5) is 0 Å². The van der Waals surface area contributed by atoms with E-state index in [2.05, 4.69) is 0 Å². The molecular weight excluding hydrogens is 97.5 g/mol. The molecule has 0 radical (unpaired) electrons. The third-order valence-corrected chi connectivity index (χ3v) is 0.881. The normalized spacial score (nSPS) is 12.2. The molecule has 0 aliphatic heterocycles. The van der Waals surface area contributed by atoms with E-state index in [-0.39, 0.29) is 0 Å². The average molecular weight is 106 g/mol. The molecule has 0 bridgehead atoms. The van der Waals surface area contributed by atoms with Crippen molar-refractivity contribution >= 4 is 11.6 Å². The zero-order valence-electron chi connectivity index (χ0n) is 3.74. The number of hydrogen-bond donors (Lipinski definition) is 1. The third-order valence-electron chi connectivity index (χ3n) is 0.508. The SMILES string of the molecule is C/C(=C\Cl)CN. The molecule has 0 spiro atoms. The van der Waals surface area contributed by atoms with Gasteiger partial charge in [-0.15, -0.1) is 0 Å². The van der Waals surface area contributed by atoms with Gasteiger partial charge in [0.15, 0.2) is 0 Å². The molecule has 0 fully saturated rings. The van der Waals surface area contributed by atoms with E-state index in [0.717, 1.165) is 5.57 Å². The summed E-state index contributed by atoms with van der Waals surface area (Å²) >= 11 is 5.21. The smallest absolute Gasteiger partial charge is 0.0145 e. The maximum atomic E-state index is 5.21. The summed E-state index contributed by atoms with van der Waals surface area (Å²) in [4.78, 5) is 0. The Morgan fingerprint density at radius 2 is 2.50 bits per heavy atom. The lowest BCUT2D eigenvalue weighted by molar-refractivity contribution is 1.14. The zero-order valence-corrected chi connectivity index (χ0v) is 4.50. The fourth-order valence-electron chi connectivity index (χ4n) is 0.0445. The highest BCUT2D eigenvalue weighted by atomic mass is 35.5. The Labute approximate surface area is 42.8 Å². The first-order chi connectivity index (χ1) is 2.81. The second kappa shape index (κ2) is 3.19. The van der Waals surface area contributed by atoms with E-state index >= 15 is 0 Å². The van der Waals surface area contributed by atoms with Crippen molar-refractivity contribution in [1.82, 2.24) is 0 Å². The van der Waals surface area contributed by atoms with Crippen molar-refractivity contribution in [2.75, 3.05) is 6.54 Å². The standard InChI is InChI=1S/C4H8ClN/c1-4(2-5)3-6/h2H,3,6H2,1H3/b4-2+. The Balaban J connectivity index is 3.22. The Bertz CT molecular complexity index is 58.6. The van der Waals surface area contributed by atoms with E-state index in [0.29, 0.717) is 6.54 Å². The highest BCUT2D eigenvalue weighted by Gasteiger charge is 1.74. The summed E-state index contributed by atoms with van der Waals surface area (Å²) in [6.45, 7) is 2.44. The van der Waals surface area contributed by atoms with E-state index in [1.54, 1.807) is 0 Å². The fraction of sp³-hybridized carbons (Fsp3) is 0.500. The van der Waals surface area contributed by atoms with Crippen molar-refractivity contribution < 1.29 is 0 Å². The first kappa shape index (κ1) is 5.99. The van der Waals surface area contributed by atoms with E-state index < -0.39 is 0 Å². The van der Waals surface area contributed by atoms with Crippen LogP contribution in [0.2, 0.25) is 0 Å². The minimum Gasteiger partial charge on any atom is -0.327 e. The minimum absolute atomic E-state index is 0.559. The average Bonchev–Trinajstić information content (AvgIpc) is 1.65. The molecule has 0 aromatic heterocycles. The molecule has 36 valence electrons. The van der Waals surface area contributed by atoms with Crippen molar-refractivity contribution in [2.24, 2.45) is 5.73 Å². The molecule has 0 rings (SSSR count). The van der Waals surface area contributed by atoms with E-state index in [1.807, 2.05) is 6.92 Å². The van der Waals surface area contributed by atoms with E-state index in [1.165, 1.54) is 5.54 Å². The second-order valence-corrected chi connectivity index (χ2v) is 1.38. The number of hydrogen-bond acceptors (Lipinski definition) is 1. The van der Waals surface area contributed by atoms with Crippen LogP contribution in [-0.4, -0.2) is 6.54 Å². The van der Waals surface area contributed by atoms with Gasteiger partial charge in [-0.1, -0.05) is 11.6 Å². The lowest BCUT2D eigenvalue weighted by atomic mass is 10.4. The Kier molecular flexibility index (Phi) is 3.19. The van der Waals surface area contributed by atoms with Crippen LogP contribution in [0.25, 0.3) is 0 Å². The first-order valence-electron chi connectivity index (χ1n) is 1.77. The van der Waals surface area contributed by atoms with Crippen LogP contribution in [0.3, 0.4) is 0 Å². The van der Waals surface area contributed by atoms with Crippen LogP contribution in [0, 0.1) is 0 Å². The third kappa shape index (κ3) is 2.24. The molecular formula is C4H8ClN. The highest BCUT2D eigenvalue weighted by Crippen LogP contribution is 1.88. The summed E-state index contributed by atoms with van der Waals surface area (Å²) in [6.07, 6.45) is 0. The molecule has 0 unspecified atom stereocenters. The molecule has 0 aromatic carbocycles. The van der Waals surface area contributed by atoms with Gasteiger partial charge in [-0.3, -0.25) is 0 Å². The van der Waals surface area contributed by atoms with Gasteiger partial charge in [0.25, 0.3) is 0 Å². The van der Waals surface area contributed by atoms with E-state index in [4.69, 9.17) is 17.3 Å². The van der Waals surface area contributed by atoms with Gasteiger partial charge in [-0.2, -0.15) is 0 Å². The summed E-state index contributed by atoms with van der Waals surface area (Å²) in [7, 11) is 0. The van der Waals surface area contributed by atoms with Gasteiger partial charge in [0.1, 0.15) is 0 Å². The molecule has 0 amide bonds. The van der Waals surface area contributed by atoms with Crippen molar-refractivity contribution in [3.05, 3.63) is 11.1 Å². The van der Waals surface area contributed by atoms with Crippen LogP contribution >= 0.6 is 11.6 Å². The fourth-order valence-corrected chi connectivity index (χ4v) is 0.134. The quantitative estimate of drug-likeness (QED) is 0.531. The van der Waals surface area contributed by atoms with Crippen LogP contribution < -0.4 is 5.73 Å². The molecule has 0 heterocycles. The lowest BCUT2D eigenvalue weighted by Gasteiger charge is -1.84. The van der Waals surface area contributed by atoms with Crippen LogP contribution in [-0.2, 0) is 0 Å². The molecule has 2 heteroatoms. The van der Waals surface area contributed by atoms with Crippen molar-refractivity contribution in [2.45, 2.75) is 6.92 Å². The number of halogens is 1. The molecule has 1 nitrogen and oxygen atoms in total. The van der Waals surface area contributed by atoms with Gasteiger partial charge in [0, 0.05) is 12.1 Å². The minimum atomic E-state index is 0.559. The first-order valence-corrected chi connectivity index (χ1v) is 2.21. The van der Waals surface area contributed by atoms with Gasteiger partial charge < -0.3 is 5.73 Å². The van der Waals surface area contributed by atoms with Crippen molar-refractivity contribution in [1.29, 1.82) is 0 Å². The van der Waals surface area contributed by atoms with Crippen molar-refractivity contribution in [3.8, 4) is 0 Å². The lowest BCUT2D eigenvalue weighted by Crippen LogP contribution is -1.98. The largest absolute Gasteiger partial charge is 0.327 e. The Morgan fingerprint density at radius 3 is 2.50 bits per heavy atom. The highest BCUT2D eigenvalue weighted by molar-refractivity contribution is 6.25. The van der Waals surface area contributed by atoms with Crippen LogP contribution in [0.1, 0.15) is 6.92 Å². The zero-order chi connectivity index (χ0) is 4.99. The Hall–Kier alpha value is -0.0100. The number of rotatable bonds is 1. The predicted molar refractivity (Wildman–Crippen MR) is 28.7 cm³/mol. The summed E-state index contributed by atoms with van der Waals surface area (Å²) in [5.41, 5.74) is 7.63. The van der Waals surface area contributed by atoms with E-state index in [9.17, 15) is 0 Å². The predicted octanol–water partition coefficient (Wildman–Crippen LogP) is 1.09. The number of nitrogens with two attached hydrogens (primary N) is 1. The molecule has 2 N–H and O–H groups in total. The van der Waals surface area contributed by atoms with Gasteiger partial charge in [0.05, 0.1) is 0 Å². The molecule has 0 saturated heterocycles. The molecule has 0 saturated carbocycles. The van der Waals surface area contributed by atoms with Crippen LogP contribution in [0.5, 0.6) is 0 Å². The maximum absolute atomic E-state index is 5.21. The molecule has 0 aliphatic rings. The summed E-state index contributed by atoms with van der Waals surface area (Å²) < 4.78 is 0. The van der Waals surface area contributed by atoms with Gasteiger partial charge in [0.2, 0.25) is 0 Å². The summed E-state index contributed by atoms with van der Waals surface area (Å²) in [5.74, 6) is 0. The monoisotopic (exact) mass is 105 g/mol. The second-order valence-electron chi connectivity index (χ2n) is 1.16. The topological polar surface area (TPSA) is 26.0 Å². The molecule has 0 aromatic rings. The molecule has 6 heavy (non-hydrogen) atoms. The summed E-state index contributed by atoms with van der Waals surface area (Å²) in [5, 5.41) is 0. The summed E-state index contributed by atoms with van der Waals surface area (Å²) in [6, 6.07) is 0.